The average molecular weight is 271 g/mol. The zero-order valence-electron chi connectivity index (χ0n) is 11.7. The van der Waals surface area contributed by atoms with Gasteiger partial charge in [0.15, 0.2) is 0 Å². The fourth-order valence-corrected chi connectivity index (χ4v) is 2.92. The lowest BCUT2D eigenvalue weighted by atomic mass is 9.87. The Hall–Kier alpha value is -1.68. The van der Waals surface area contributed by atoms with Gasteiger partial charge in [-0.25, -0.2) is 0 Å². The minimum absolute atomic E-state index is 0.330. The summed E-state index contributed by atoms with van der Waals surface area (Å²) in [7, 11) is 0. The zero-order chi connectivity index (χ0) is 13.8. The lowest BCUT2D eigenvalue weighted by Gasteiger charge is -2.19. The highest BCUT2D eigenvalue weighted by atomic mass is 16.4. The molecular formula is C16H21N3O. The molecule has 0 spiro atoms. The van der Waals surface area contributed by atoms with E-state index in [9.17, 15) is 0 Å². The first-order valence-electron chi connectivity index (χ1n) is 7.46. The van der Waals surface area contributed by atoms with E-state index in [0.29, 0.717) is 11.8 Å². The Morgan fingerprint density at radius 3 is 2.60 bits per heavy atom. The van der Waals surface area contributed by atoms with Gasteiger partial charge in [0, 0.05) is 6.42 Å². The van der Waals surface area contributed by atoms with Crippen LogP contribution in [0.5, 0.6) is 0 Å². The van der Waals surface area contributed by atoms with E-state index in [1.54, 1.807) is 0 Å². The second-order valence-electron chi connectivity index (χ2n) is 5.63. The van der Waals surface area contributed by atoms with Crippen LogP contribution in [0.2, 0.25) is 0 Å². The lowest BCUT2D eigenvalue weighted by Crippen LogP contribution is -2.12. The summed E-state index contributed by atoms with van der Waals surface area (Å²) in [4.78, 5) is 0. The summed E-state index contributed by atoms with van der Waals surface area (Å²) in [6, 6.07) is 9.54. The van der Waals surface area contributed by atoms with Crippen molar-refractivity contribution >= 4 is 0 Å². The molecule has 0 saturated heterocycles. The molecule has 3 rings (SSSR count). The third kappa shape index (κ3) is 3.07. The maximum atomic E-state index is 6.17. The van der Waals surface area contributed by atoms with Gasteiger partial charge in [0.2, 0.25) is 11.8 Å². The van der Waals surface area contributed by atoms with Crippen LogP contribution in [0.1, 0.15) is 55.5 Å². The Morgan fingerprint density at radius 1 is 1.10 bits per heavy atom. The van der Waals surface area contributed by atoms with Gasteiger partial charge in [0.25, 0.3) is 0 Å². The van der Waals surface area contributed by atoms with Gasteiger partial charge in [0.1, 0.15) is 6.04 Å². The molecule has 4 nitrogen and oxygen atoms in total. The molecule has 1 aliphatic carbocycles. The first-order valence-corrected chi connectivity index (χ1v) is 7.46. The molecule has 1 atom stereocenters. The zero-order valence-corrected chi connectivity index (χ0v) is 11.7. The summed E-state index contributed by atoms with van der Waals surface area (Å²) in [5, 5.41) is 8.28. The maximum absolute atomic E-state index is 6.17. The van der Waals surface area contributed by atoms with Crippen LogP contribution in [-0.2, 0) is 6.42 Å². The summed E-state index contributed by atoms with van der Waals surface area (Å²) in [5.41, 5.74) is 7.17. The van der Waals surface area contributed by atoms with Crippen LogP contribution in [0.4, 0.5) is 0 Å². The van der Waals surface area contributed by atoms with Crippen LogP contribution >= 0.6 is 0 Å². The van der Waals surface area contributed by atoms with E-state index >= 15 is 0 Å². The molecule has 1 saturated carbocycles. The maximum Gasteiger partial charge on any atom is 0.237 e. The molecule has 1 unspecified atom stereocenters. The molecule has 1 fully saturated rings. The second kappa shape index (κ2) is 6.18. The first-order chi connectivity index (χ1) is 9.83. The van der Waals surface area contributed by atoms with Gasteiger partial charge < -0.3 is 10.2 Å². The van der Waals surface area contributed by atoms with E-state index in [0.717, 1.165) is 17.9 Å². The van der Waals surface area contributed by atoms with Crippen molar-refractivity contribution in [2.24, 2.45) is 11.7 Å². The lowest BCUT2D eigenvalue weighted by molar-refractivity contribution is 0.322. The molecule has 0 amide bonds. The molecule has 0 radical (unpaired) electrons. The first kappa shape index (κ1) is 13.3. The number of hydrogen-bond acceptors (Lipinski definition) is 4. The predicted molar refractivity (Wildman–Crippen MR) is 77.0 cm³/mol. The van der Waals surface area contributed by atoms with Gasteiger partial charge in [-0.1, -0.05) is 49.6 Å². The Morgan fingerprint density at radius 2 is 1.85 bits per heavy atom. The van der Waals surface area contributed by atoms with Crippen LogP contribution in [0.15, 0.2) is 34.7 Å². The van der Waals surface area contributed by atoms with Crippen molar-refractivity contribution in [3.8, 4) is 0 Å². The molecule has 2 N–H and O–H groups in total. The van der Waals surface area contributed by atoms with Gasteiger partial charge in [-0.3, -0.25) is 0 Å². The number of nitrogens with two attached hydrogens (primary N) is 1. The van der Waals surface area contributed by atoms with Crippen molar-refractivity contribution in [1.82, 2.24) is 10.2 Å². The number of rotatable bonds is 4. The van der Waals surface area contributed by atoms with Crippen molar-refractivity contribution < 1.29 is 4.42 Å². The monoisotopic (exact) mass is 271 g/mol. The van der Waals surface area contributed by atoms with Crippen molar-refractivity contribution in [2.45, 2.75) is 44.6 Å². The molecule has 20 heavy (non-hydrogen) atoms. The van der Waals surface area contributed by atoms with E-state index in [1.165, 1.54) is 32.1 Å². The van der Waals surface area contributed by atoms with Gasteiger partial charge in [-0.05, 0) is 24.3 Å². The minimum atomic E-state index is -0.330. The molecule has 0 bridgehead atoms. The van der Waals surface area contributed by atoms with Gasteiger partial charge in [0.05, 0.1) is 0 Å². The largest absolute Gasteiger partial charge is 0.423 e. The van der Waals surface area contributed by atoms with Crippen molar-refractivity contribution in [3.05, 3.63) is 47.7 Å². The van der Waals surface area contributed by atoms with Crippen molar-refractivity contribution in [1.29, 1.82) is 0 Å². The van der Waals surface area contributed by atoms with Gasteiger partial charge >= 0.3 is 0 Å². The highest BCUT2D eigenvalue weighted by Crippen LogP contribution is 2.27. The summed E-state index contributed by atoms with van der Waals surface area (Å²) in [6.07, 6.45) is 7.48. The molecule has 0 aliphatic heterocycles. The Balaban J connectivity index is 1.67. The molecule has 1 aromatic heterocycles. The number of aromatic nitrogens is 2. The SMILES string of the molecule is NC(c1ccccc1)c1nnc(CC2CCCCC2)o1. The molecule has 4 heteroatoms. The Kier molecular flexibility index (Phi) is 4.11. The molecule has 1 heterocycles. The van der Waals surface area contributed by atoms with Gasteiger partial charge in [-0.2, -0.15) is 0 Å². The third-order valence-corrected chi connectivity index (χ3v) is 4.10. The van der Waals surface area contributed by atoms with E-state index in [4.69, 9.17) is 10.2 Å². The van der Waals surface area contributed by atoms with E-state index in [-0.39, 0.29) is 6.04 Å². The minimum Gasteiger partial charge on any atom is -0.423 e. The molecule has 2 aromatic rings. The fourth-order valence-electron chi connectivity index (χ4n) is 2.92. The van der Waals surface area contributed by atoms with E-state index in [1.807, 2.05) is 30.3 Å². The summed E-state index contributed by atoms with van der Waals surface area (Å²) < 4.78 is 5.76. The average Bonchev–Trinajstić information content (AvgIpc) is 2.97. The number of benzene rings is 1. The molecule has 1 aromatic carbocycles. The Bertz CT molecular complexity index is 532. The van der Waals surface area contributed by atoms with E-state index < -0.39 is 0 Å². The summed E-state index contributed by atoms with van der Waals surface area (Å²) in [6.45, 7) is 0. The highest BCUT2D eigenvalue weighted by Gasteiger charge is 2.20. The van der Waals surface area contributed by atoms with Crippen LogP contribution in [0.3, 0.4) is 0 Å². The quantitative estimate of drug-likeness (QED) is 0.927. The fraction of sp³-hybridized carbons (Fsp3) is 0.500. The molecule has 1 aliphatic rings. The second-order valence-corrected chi connectivity index (χ2v) is 5.63. The summed E-state index contributed by atoms with van der Waals surface area (Å²) in [5.74, 6) is 1.95. The van der Waals surface area contributed by atoms with E-state index in [2.05, 4.69) is 10.2 Å². The smallest absolute Gasteiger partial charge is 0.237 e. The van der Waals surface area contributed by atoms with Crippen LogP contribution in [0.25, 0.3) is 0 Å². The summed E-state index contributed by atoms with van der Waals surface area (Å²) >= 11 is 0. The third-order valence-electron chi connectivity index (χ3n) is 4.10. The topological polar surface area (TPSA) is 64.9 Å². The van der Waals surface area contributed by atoms with Crippen LogP contribution in [-0.4, -0.2) is 10.2 Å². The van der Waals surface area contributed by atoms with Gasteiger partial charge in [-0.15, -0.1) is 10.2 Å². The van der Waals surface area contributed by atoms with Crippen LogP contribution < -0.4 is 5.73 Å². The van der Waals surface area contributed by atoms with Crippen LogP contribution in [0, 0.1) is 5.92 Å². The Labute approximate surface area is 119 Å². The molecular weight excluding hydrogens is 250 g/mol. The van der Waals surface area contributed by atoms with Crippen molar-refractivity contribution in [2.75, 3.05) is 0 Å². The number of hydrogen-bond donors (Lipinski definition) is 1. The normalized spacial score (nSPS) is 18.1. The van der Waals surface area contributed by atoms with Crippen molar-refractivity contribution in [3.63, 3.8) is 0 Å². The predicted octanol–water partition coefficient (Wildman–Crippen LogP) is 3.24. The number of nitrogens with zero attached hydrogens (tertiary/aromatic N) is 2. The highest BCUT2D eigenvalue weighted by molar-refractivity contribution is 5.22. The molecule has 106 valence electrons. The standard InChI is InChI=1S/C16H21N3O/c17-15(13-9-5-2-6-10-13)16-19-18-14(20-16)11-12-7-3-1-4-8-12/h2,5-6,9-10,12,15H,1,3-4,7-8,11,17H2.